The van der Waals surface area contributed by atoms with Crippen LogP contribution in [0.1, 0.15) is 17.2 Å². The van der Waals surface area contributed by atoms with Gasteiger partial charge in [-0.1, -0.05) is 23.5 Å². The maximum Gasteiger partial charge on any atom is 0.190 e. The molecule has 0 fully saturated rings. The van der Waals surface area contributed by atoms with E-state index in [9.17, 15) is 0 Å². The Morgan fingerprint density at radius 3 is 2.39 bits per heavy atom. The second kappa shape index (κ2) is 5.71. The topological polar surface area (TPSA) is 56.5 Å². The Hall–Kier alpha value is -1.08. The van der Waals surface area contributed by atoms with Crippen LogP contribution in [0.4, 0.5) is 0 Å². The third-order valence-corrected chi connectivity index (χ3v) is 3.96. The van der Waals surface area contributed by atoms with E-state index in [2.05, 4.69) is 20.2 Å². The molecule has 0 amide bonds. The summed E-state index contributed by atoms with van der Waals surface area (Å²) in [6.45, 7) is 3.96. The first-order valence-corrected chi connectivity index (χ1v) is 7.68. The zero-order valence-corrected chi connectivity index (χ0v) is 12.5. The van der Waals surface area contributed by atoms with Crippen LogP contribution < -0.4 is 0 Å². The van der Waals surface area contributed by atoms with Crippen molar-refractivity contribution < 1.29 is 0 Å². The number of aromatic nitrogens is 5. The van der Waals surface area contributed by atoms with Gasteiger partial charge in [0.25, 0.3) is 0 Å². The number of rotatable bonds is 4. The molecule has 0 spiro atoms. The average Bonchev–Trinajstić information content (AvgIpc) is 2.66. The SMILES string of the molecule is CSc1nnc(CSc2nc(C)cc(C)n2)n1C. The van der Waals surface area contributed by atoms with Gasteiger partial charge in [0, 0.05) is 18.4 Å². The first-order valence-electron chi connectivity index (χ1n) is 5.47. The van der Waals surface area contributed by atoms with Gasteiger partial charge in [0.2, 0.25) is 0 Å². The molecule has 0 aliphatic rings. The van der Waals surface area contributed by atoms with Crippen LogP contribution in [-0.4, -0.2) is 31.0 Å². The van der Waals surface area contributed by atoms with Gasteiger partial charge in [0.1, 0.15) is 5.82 Å². The second-order valence-electron chi connectivity index (χ2n) is 3.88. The largest absolute Gasteiger partial charge is 0.308 e. The van der Waals surface area contributed by atoms with E-state index in [1.54, 1.807) is 23.5 Å². The lowest BCUT2D eigenvalue weighted by Crippen LogP contribution is -1.99. The Labute approximate surface area is 115 Å². The minimum Gasteiger partial charge on any atom is -0.308 e. The molecule has 0 aliphatic heterocycles. The Balaban J connectivity index is 2.09. The van der Waals surface area contributed by atoms with E-state index in [0.29, 0.717) is 0 Å². The molecule has 0 bridgehead atoms. The third-order valence-electron chi connectivity index (χ3n) is 2.40. The Bertz CT molecular complexity index is 532. The Kier molecular flexibility index (Phi) is 4.23. The minimum atomic E-state index is 0.729. The van der Waals surface area contributed by atoms with E-state index >= 15 is 0 Å². The van der Waals surface area contributed by atoms with Crippen LogP contribution in [0.2, 0.25) is 0 Å². The van der Waals surface area contributed by atoms with Gasteiger partial charge in [-0.05, 0) is 26.2 Å². The fourth-order valence-electron chi connectivity index (χ4n) is 1.54. The summed E-state index contributed by atoms with van der Waals surface area (Å²) in [5.74, 6) is 1.67. The molecule has 0 saturated heterocycles. The molecular formula is C11H15N5S2. The van der Waals surface area contributed by atoms with Gasteiger partial charge in [0.05, 0.1) is 5.75 Å². The molecule has 96 valence electrons. The highest BCUT2D eigenvalue weighted by molar-refractivity contribution is 7.98. The molecule has 0 unspecified atom stereocenters. The zero-order valence-electron chi connectivity index (χ0n) is 10.8. The van der Waals surface area contributed by atoms with Gasteiger partial charge in [-0.15, -0.1) is 10.2 Å². The van der Waals surface area contributed by atoms with Crippen LogP contribution in [0.5, 0.6) is 0 Å². The van der Waals surface area contributed by atoms with Crippen molar-refractivity contribution in [3.05, 3.63) is 23.3 Å². The summed E-state index contributed by atoms with van der Waals surface area (Å²) in [5.41, 5.74) is 1.99. The molecular weight excluding hydrogens is 266 g/mol. The first-order chi connectivity index (χ1) is 8.60. The fraction of sp³-hybridized carbons (Fsp3) is 0.455. The predicted octanol–water partition coefficient (Wildman–Crippen LogP) is 2.24. The molecule has 2 aromatic rings. The van der Waals surface area contributed by atoms with E-state index < -0.39 is 0 Å². The fourth-order valence-corrected chi connectivity index (χ4v) is 2.96. The molecule has 2 heterocycles. The molecule has 5 nitrogen and oxygen atoms in total. The van der Waals surface area contributed by atoms with E-state index in [1.165, 1.54) is 0 Å². The number of nitrogens with zero attached hydrogens (tertiary/aromatic N) is 5. The molecule has 0 atom stereocenters. The summed E-state index contributed by atoms with van der Waals surface area (Å²) in [6.07, 6.45) is 1.99. The molecule has 0 saturated carbocycles. The summed E-state index contributed by atoms with van der Waals surface area (Å²) < 4.78 is 2.00. The molecule has 0 N–H and O–H groups in total. The maximum absolute atomic E-state index is 4.39. The van der Waals surface area contributed by atoms with Crippen LogP contribution in [0, 0.1) is 13.8 Å². The van der Waals surface area contributed by atoms with Crippen molar-refractivity contribution in [2.45, 2.75) is 29.9 Å². The number of aryl methyl sites for hydroxylation is 2. The number of hydrogen-bond donors (Lipinski definition) is 0. The zero-order chi connectivity index (χ0) is 13.1. The maximum atomic E-state index is 4.39. The monoisotopic (exact) mass is 281 g/mol. The number of thioether (sulfide) groups is 2. The average molecular weight is 281 g/mol. The highest BCUT2D eigenvalue weighted by atomic mass is 32.2. The summed E-state index contributed by atoms with van der Waals surface area (Å²) in [4.78, 5) is 8.79. The first kappa shape index (κ1) is 13.4. The smallest absolute Gasteiger partial charge is 0.190 e. The summed E-state index contributed by atoms with van der Waals surface area (Å²) in [6, 6.07) is 1.97. The van der Waals surface area contributed by atoms with Crippen molar-refractivity contribution in [2.75, 3.05) is 6.26 Å². The quantitative estimate of drug-likeness (QED) is 0.633. The molecule has 0 radical (unpaired) electrons. The normalized spacial score (nSPS) is 10.9. The summed E-state index contributed by atoms with van der Waals surface area (Å²) >= 11 is 3.18. The number of hydrogen-bond acceptors (Lipinski definition) is 6. The van der Waals surface area contributed by atoms with Crippen LogP contribution >= 0.6 is 23.5 Å². The Morgan fingerprint density at radius 2 is 1.83 bits per heavy atom. The highest BCUT2D eigenvalue weighted by Gasteiger charge is 2.09. The van der Waals surface area contributed by atoms with E-state index in [4.69, 9.17) is 0 Å². The van der Waals surface area contributed by atoms with Gasteiger partial charge in [-0.2, -0.15) is 0 Å². The van der Waals surface area contributed by atoms with Crippen molar-refractivity contribution >= 4 is 23.5 Å². The molecule has 0 aromatic carbocycles. The molecule has 7 heteroatoms. The highest BCUT2D eigenvalue weighted by Crippen LogP contribution is 2.20. The van der Waals surface area contributed by atoms with Crippen LogP contribution in [0.3, 0.4) is 0 Å². The van der Waals surface area contributed by atoms with Crippen LogP contribution in [-0.2, 0) is 12.8 Å². The van der Waals surface area contributed by atoms with Crippen molar-refractivity contribution in [2.24, 2.45) is 7.05 Å². The van der Waals surface area contributed by atoms with Crippen molar-refractivity contribution in [3.8, 4) is 0 Å². The molecule has 2 aromatic heterocycles. The molecule has 0 aliphatic carbocycles. The lowest BCUT2D eigenvalue weighted by Gasteiger charge is -2.03. The summed E-state index contributed by atoms with van der Waals surface area (Å²) in [5, 5.41) is 9.98. The summed E-state index contributed by atoms with van der Waals surface area (Å²) in [7, 11) is 1.98. The second-order valence-corrected chi connectivity index (χ2v) is 5.60. The van der Waals surface area contributed by atoms with E-state index in [0.717, 1.165) is 33.3 Å². The lowest BCUT2D eigenvalue weighted by atomic mass is 10.4. The predicted molar refractivity (Wildman–Crippen MR) is 73.9 cm³/mol. The van der Waals surface area contributed by atoms with Gasteiger partial charge in [-0.25, -0.2) is 9.97 Å². The van der Waals surface area contributed by atoms with Crippen LogP contribution in [0.25, 0.3) is 0 Å². The standard InChI is InChI=1S/C11H15N5S2/c1-7-5-8(2)13-10(12-7)18-6-9-14-15-11(17-4)16(9)3/h5H,6H2,1-4H3. The molecule has 18 heavy (non-hydrogen) atoms. The van der Waals surface area contributed by atoms with E-state index in [-0.39, 0.29) is 0 Å². The van der Waals surface area contributed by atoms with E-state index in [1.807, 2.05) is 37.8 Å². The van der Waals surface area contributed by atoms with Gasteiger partial charge in [0.15, 0.2) is 10.3 Å². The third kappa shape index (κ3) is 3.02. The minimum absolute atomic E-state index is 0.729. The van der Waals surface area contributed by atoms with Crippen LogP contribution in [0.15, 0.2) is 16.4 Å². The van der Waals surface area contributed by atoms with Gasteiger partial charge < -0.3 is 4.57 Å². The van der Waals surface area contributed by atoms with Gasteiger partial charge in [-0.3, -0.25) is 0 Å². The lowest BCUT2D eigenvalue weighted by molar-refractivity contribution is 0.762. The Morgan fingerprint density at radius 1 is 1.17 bits per heavy atom. The molecule has 2 rings (SSSR count). The van der Waals surface area contributed by atoms with Gasteiger partial charge >= 0.3 is 0 Å². The van der Waals surface area contributed by atoms with Crippen molar-refractivity contribution in [1.29, 1.82) is 0 Å². The van der Waals surface area contributed by atoms with Crippen molar-refractivity contribution in [1.82, 2.24) is 24.7 Å². The van der Waals surface area contributed by atoms with Crippen molar-refractivity contribution in [3.63, 3.8) is 0 Å².